The quantitative estimate of drug-likeness (QED) is 0.122. The molecule has 5 heteroatoms. The van der Waals surface area contributed by atoms with Crippen LogP contribution in [0.4, 0.5) is 22.7 Å². The van der Waals surface area contributed by atoms with Crippen LogP contribution in [0, 0.1) is 13.8 Å². The van der Waals surface area contributed by atoms with Crippen molar-refractivity contribution in [1.82, 2.24) is 9.55 Å². The predicted molar refractivity (Wildman–Crippen MR) is 326 cm³/mol. The average Bonchev–Trinajstić information content (AvgIpc) is 4.18. The lowest BCUT2D eigenvalue weighted by molar-refractivity contribution is 0.483. The number of para-hydroxylation sites is 1. The van der Waals surface area contributed by atoms with Gasteiger partial charge in [-0.3, -0.25) is 4.57 Å². The summed E-state index contributed by atoms with van der Waals surface area (Å²) in [4.78, 5) is 10.0. The molecule has 0 aliphatic carbocycles. The van der Waals surface area contributed by atoms with Crippen LogP contribution in [0.3, 0.4) is 0 Å². The summed E-state index contributed by atoms with van der Waals surface area (Å²) in [6.07, 6.45) is 1.94. The number of fused-ring (bicyclic) bond motifs is 4. The molecule has 77 heavy (non-hydrogen) atoms. The van der Waals surface area contributed by atoms with E-state index in [-0.39, 0.29) is 16.2 Å². The van der Waals surface area contributed by atoms with Crippen LogP contribution < -0.4 is 14.5 Å². The summed E-state index contributed by atoms with van der Waals surface area (Å²) in [7, 11) is 0. The lowest BCUT2D eigenvalue weighted by Crippen LogP contribution is -2.27. The molecule has 0 bridgehead atoms. The molecule has 0 unspecified atom stereocenters. The molecule has 3 heterocycles. The van der Waals surface area contributed by atoms with Crippen molar-refractivity contribution in [3.63, 3.8) is 0 Å². The zero-order valence-corrected chi connectivity index (χ0v) is 47.5. The maximum atomic E-state index is 7.27. The van der Waals surface area contributed by atoms with Crippen molar-refractivity contribution < 1.29 is 4.74 Å². The van der Waals surface area contributed by atoms with E-state index in [4.69, 9.17) is 9.72 Å². The molecule has 10 aromatic rings. The summed E-state index contributed by atoms with van der Waals surface area (Å²) in [5.41, 5.74) is 20.2. The molecule has 0 radical (unpaired) electrons. The van der Waals surface area contributed by atoms with E-state index in [0.29, 0.717) is 18.5 Å². The van der Waals surface area contributed by atoms with E-state index >= 15 is 0 Å². The largest absolute Gasteiger partial charge is 0.457 e. The molecule has 8 aromatic carbocycles. The summed E-state index contributed by atoms with van der Waals surface area (Å²) >= 11 is 0. The zero-order chi connectivity index (χ0) is 54.1. The van der Waals surface area contributed by atoms with E-state index in [1.165, 1.54) is 78.1 Å². The first-order valence-corrected chi connectivity index (χ1v) is 27.7. The summed E-state index contributed by atoms with van der Waals surface area (Å²) in [5, 5.41) is 2.34. The Kier molecular flexibility index (Phi) is 13.0. The second kappa shape index (κ2) is 19.6. The van der Waals surface area contributed by atoms with E-state index in [9.17, 15) is 0 Å². The van der Waals surface area contributed by atoms with Crippen LogP contribution >= 0.6 is 0 Å². The third kappa shape index (κ3) is 9.38. The van der Waals surface area contributed by atoms with E-state index in [0.717, 1.165) is 45.0 Å². The Labute approximate surface area is 457 Å². The van der Waals surface area contributed by atoms with Gasteiger partial charge in [0.05, 0.1) is 22.4 Å². The Morgan fingerprint density at radius 1 is 0.455 bits per heavy atom. The third-order valence-electron chi connectivity index (χ3n) is 16.7. The average molecular weight is 1010 g/mol. The first-order valence-electron chi connectivity index (χ1n) is 27.7. The molecule has 388 valence electrons. The maximum Gasteiger partial charge on any atom is 0.137 e. The van der Waals surface area contributed by atoms with Gasteiger partial charge in [0.1, 0.15) is 24.0 Å². The van der Waals surface area contributed by atoms with Crippen molar-refractivity contribution in [1.29, 1.82) is 0 Å². The molecule has 2 aromatic heterocycles. The second-order valence-corrected chi connectivity index (χ2v) is 24.3. The van der Waals surface area contributed by atoms with Crippen molar-refractivity contribution in [2.24, 2.45) is 0 Å². The van der Waals surface area contributed by atoms with Crippen molar-refractivity contribution in [2.45, 2.75) is 118 Å². The first-order chi connectivity index (χ1) is 36.8. The summed E-state index contributed by atoms with van der Waals surface area (Å²) in [5.74, 6) is 3.05. The van der Waals surface area contributed by atoms with Gasteiger partial charge in [-0.15, -0.1) is 0 Å². The van der Waals surface area contributed by atoms with Gasteiger partial charge in [-0.25, -0.2) is 4.98 Å². The van der Waals surface area contributed by atoms with Gasteiger partial charge in [-0.2, -0.15) is 0 Å². The van der Waals surface area contributed by atoms with Gasteiger partial charge >= 0.3 is 0 Å². The fraction of sp³-hybridized carbons (Fsp3) is 0.264. The Hall–Kier alpha value is -7.89. The van der Waals surface area contributed by atoms with Gasteiger partial charge in [-0.1, -0.05) is 179 Å². The number of pyridine rings is 1. The molecule has 0 saturated heterocycles. The SMILES string of the molecule is Cc1cc2c(cc1C)N(c1cc(C(C)(C)c3ccccc3)cc(C(C)(C)c3ccccc3)c1)CN2c1cc(Oc2ccc3c4ccccc4n(-c4cc(C(C)(C)C)ccn4)c3c2)cc(-c2c(C(C)C)cccc2C(C)C)c1. The third-order valence-corrected chi connectivity index (χ3v) is 16.7. The summed E-state index contributed by atoms with van der Waals surface area (Å²) < 4.78 is 9.57. The minimum absolute atomic E-state index is 0.0347. The fourth-order valence-electron chi connectivity index (χ4n) is 11.7. The molecule has 0 atom stereocenters. The topological polar surface area (TPSA) is 33.5 Å². The van der Waals surface area contributed by atoms with Crippen molar-refractivity contribution >= 4 is 44.6 Å². The maximum absolute atomic E-state index is 7.27. The van der Waals surface area contributed by atoms with Gasteiger partial charge in [0.2, 0.25) is 0 Å². The Balaban J connectivity index is 1.09. The Morgan fingerprint density at radius 2 is 1.00 bits per heavy atom. The zero-order valence-electron chi connectivity index (χ0n) is 47.5. The summed E-state index contributed by atoms with van der Waals surface area (Å²) in [6.45, 7) is 30.6. The Morgan fingerprint density at radius 3 is 1.57 bits per heavy atom. The molecule has 0 spiro atoms. The number of ether oxygens (including phenoxy) is 1. The number of rotatable bonds is 12. The summed E-state index contributed by atoms with van der Waals surface area (Å²) in [6, 6.07) is 67.4. The van der Waals surface area contributed by atoms with Crippen molar-refractivity contribution in [3.8, 4) is 28.4 Å². The standard InChI is InChI=1S/C72H74N4O/c1-46(2)60-28-22-29-61(47(3)4)69(60)50-37-56(43-59(38-50)77-58-31-32-63-62-27-20-21-30-64(62)76(65(63)44-58)68-42-53(33-34-73-68)70(7,8)9)74-45-75(67-36-49(6)48(5)35-66(67)74)57-40-54(71(10,11)51-23-16-14-17-24-51)39-55(41-57)72(12,13)52-25-18-15-19-26-52/h14-44,46-47H,45H2,1-13H3. The van der Waals surface area contributed by atoms with Crippen molar-refractivity contribution in [2.75, 3.05) is 16.5 Å². The molecule has 0 fully saturated rings. The van der Waals surface area contributed by atoms with E-state index < -0.39 is 0 Å². The van der Waals surface area contributed by atoms with Gasteiger partial charge < -0.3 is 14.5 Å². The smallest absolute Gasteiger partial charge is 0.137 e. The van der Waals surface area contributed by atoms with Gasteiger partial charge in [0, 0.05) is 51.3 Å². The van der Waals surface area contributed by atoms with Crippen LogP contribution in [0.2, 0.25) is 0 Å². The molecule has 0 N–H and O–H groups in total. The van der Waals surface area contributed by atoms with Crippen LogP contribution in [-0.2, 0) is 16.2 Å². The van der Waals surface area contributed by atoms with E-state index in [1.54, 1.807) is 0 Å². The van der Waals surface area contributed by atoms with Gasteiger partial charge in [0.25, 0.3) is 0 Å². The number of anilines is 4. The number of hydrogen-bond acceptors (Lipinski definition) is 4. The van der Waals surface area contributed by atoms with E-state index in [2.05, 4.69) is 286 Å². The highest BCUT2D eigenvalue weighted by Crippen LogP contribution is 2.50. The molecule has 1 aliphatic rings. The van der Waals surface area contributed by atoms with Crippen LogP contribution in [0.15, 0.2) is 188 Å². The highest BCUT2D eigenvalue weighted by Gasteiger charge is 2.34. The first kappa shape index (κ1) is 51.2. The van der Waals surface area contributed by atoms with Gasteiger partial charge in [-0.05, 0) is 159 Å². The van der Waals surface area contributed by atoms with Crippen LogP contribution in [-0.4, -0.2) is 16.2 Å². The molecule has 1 aliphatic heterocycles. The minimum Gasteiger partial charge on any atom is -0.457 e. The lowest BCUT2D eigenvalue weighted by atomic mass is 9.73. The van der Waals surface area contributed by atoms with Crippen molar-refractivity contribution in [3.05, 3.63) is 238 Å². The highest BCUT2D eigenvalue weighted by atomic mass is 16.5. The van der Waals surface area contributed by atoms with E-state index in [1.807, 2.05) is 6.20 Å². The van der Waals surface area contributed by atoms with Gasteiger partial charge in [0.15, 0.2) is 0 Å². The monoisotopic (exact) mass is 1010 g/mol. The highest BCUT2D eigenvalue weighted by molar-refractivity contribution is 6.09. The minimum atomic E-state index is -0.271. The number of aromatic nitrogens is 2. The van der Waals surface area contributed by atoms with Crippen LogP contribution in [0.1, 0.15) is 138 Å². The second-order valence-electron chi connectivity index (χ2n) is 24.3. The molecule has 0 saturated carbocycles. The molecular formula is C72H74N4O. The number of aryl methyl sites for hydroxylation is 2. The molecule has 5 nitrogen and oxygen atoms in total. The Bertz CT molecular complexity index is 3740. The number of benzene rings is 8. The number of nitrogens with zero attached hydrogens (tertiary/aromatic N) is 4. The van der Waals surface area contributed by atoms with Crippen LogP contribution in [0.25, 0.3) is 38.8 Å². The predicted octanol–water partition coefficient (Wildman–Crippen LogP) is 19.7. The van der Waals surface area contributed by atoms with Crippen LogP contribution in [0.5, 0.6) is 11.5 Å². The number of hydrogen-bond donors (Lipinski definition) is 0. The molecular weight excluding hydrogens is 937 g/mol. The lowest BCUT2D eigenvalue weighted by Gasteiger charge is -2.33. The fourth-order valence-corrected chi connectivity index (χ4v) is 11.7. The molecule has 11 rings (SSSR count). The molecule has 0 amide bonds. The normalized spacial score (nSPS) is 13.1.